The van der Waals surface area contributed by atoms with Crippen LogP contribution in [0.4, 0.5) is 4.79 Å². The lowest BCUT2D eigenvalue weighted by molar-refractivity contribution is -0.122. The average molecular weight is 468 g/mol. The fraction of sp³-hybridized carbons (Fsp3) is 0.125. The number of carbonyl (C=O) groups excluding carboxylic acids is 3. The van der Waals surface area contributed by atoms with Crippen molar-refractivity contribution in [3.05, 3.63) is 87.5 Å². The Hall–Kier alpha value is -3.29. The van der Waals surface area contributed by atoms with Crippen molar-refractivity contribution in [3.8, 4) is 11.3 Å². The van der Waals surface area contributed by atoms with Crippen LogP contribution in [0, 0.1) is 0 Å². The molecule has 1 aromatic heterocycles. The molecule has 3 aromatic rings. The van der Waals surface area contributed by atoms with Crippen LogP contribution < -0.4 is 0 Å². The Bertz CT molecular complexity index is 1220. The van der Waals surface area contributed by atoms with Crippen LogP contribution >= 0.6 is 23.4 Å². The number of nitrogens with zero attached hydrogens (tertiary/aromatic N) is 1. The lowest BCUT2D eigenvalue weighted by Crippen LogP contribution is -2.30. The molecule has 1 aliphatic heterocycles. The Balaban J connectivity index is 1.50. The summed E-state index contributed by atoms with van der Waals surface area (Å²) in [6.45, 7) is 0.316. The zero-order valence-corrected chi connectivity index (χ0v) is 18.6. The van der Waals surface area contributed by atoms with Crippen molar-refractivity contribution in [3.63, 3.8) is 0 Å². The summed E-state index contributed by atoms with van der Waals surface area (Å²) in [6, 6.07) is 18.0. The van der Waals surface area contributed by atoms with Crippen LogP contribution in [-0.4, -0.2) is 35.7 Å². The van der Waals surface area contributed by atoms with E-state index in [1.54, 1.807) is 36.4 Å². The Morgan fingerprint density at radius 1 is 1.12 bits per heavy atom. The first-order valence-electron chi connectivity index (χ1n) is 9.73. The number of rotatable bonds is 6. The molecule has 0 bridgehead atoms. The molecule has 0 radical (unpaired) electrons. The van der Waals surface area contributed by atoms with Gasteiger partial charge in [0.15, 0.2) is 0 Å². The van der Waals surface area contributed by atoms with Crippen molar-refractivity contribution < 1.29 is 23.5 Å². The third kappa shape index (κ3) is 4.64. The number of methoxy groups -OCH3 is 1. The van der Waals surface area contributed by atoms with Gasteiger partial charge in [0.25, 0.3) is 11.1 Å². The largest absolute Gasteiger partial charge is 0.465 e. The standard InChI is InChI=1S/C24H18ClNO5S/c1-30-23(28)18-13-16(7-9-19(18)25)20-10-8-17(31-20)14-21-22(27)26(24(29)32-21)12-11-15-5-3-2-4-6-15/h2-10,13-14H,11-12H2,1H3/b21-14+. The van der Waals surface area contributed by atoms with Crippen molar-refractivity contribution in [2.45, 2.75) is 6.42 Å². The fourth-order valence-corrected chi connectivity index (χ4v) is 4.28. The molecule has 1 aliphatic rings. The molecule has 1 saturated heterocycles. The van der Waals surface area contributed by atoms with Crippen molar-refractivity contribution in [2.75, 3.05) is 13.7 Å². The predicted molar refractivity (Wildman–Crippen MR) is 123 cm³/mol. The van der Waals surface area contributed by atoms with Gasteiger partial charge in [-0.2, -0.15) is 0 Å². The van der Waals surface area contributed by atoms with Gasteiger partial charge >= 0.3 is 5.97 Å². The number of carbonyl (C=O) groups is 3. The lowest BCUT2D eigenvalue weighted by Gasteiger charge is -2.11. The van der Waals surface area contributed by atoms with Gasteiger partial charge in [-0.25, -0.2) is 4.79 Å². The van der Waals surface area contributed by atoms with E-state index in [0.717, 1.165) is 17.3 Å². The van der Waals surface area contributed by atoms with Crippen molar-refractivity contribution in [1.29, 1.82) is 0 Å². The number of halogens is 1. The SMILES string of the molecule is COC(=O)c1cc(-c2ccc(/C=C3/SC(=O)N(CCc4ccccc4)C3=O)o2)ccc1Cl. The van der Waals surface area contributed by atoms with Crippen molar-refractivity contribution >= 4 is 46.6 Å². The molecule has 2 amide bonds. The Kier molecular flexibility index (Phi) is 6.48. The van der Waals surface area contributed by atoms with Gasteiger partial charge < -0.3 is 9.15 Å². The minimum absolute atomic E-state index is 0.226. The number of esters is 1. The van der Waals surface area contributed by atoms with Crippen LogP contribution in [0.3, 0.4) is 0 Å². The molecule has 1 fully saturated rings. The minimum atomic E-state index is -0.548. The second-order valence-corrected chi connectivity index (χ2v) is 8.36. The Morgan fingerprint density at radius 3 is 2.66 bits per heavy atom. The third-order valence-electron chi connectivity index (χ3n) is 4.90. The first-order chi connectivity index (χ1) is 15.5. The molecule has 4 rings (SSSR count). The number of imide groups is 1. The quantitative estimate of drug-likeness (QED) is 0.343. The number of benzene rings is 2. The highest BCUT2D eigenvalue weighted by Gasteiger charge is 2.34. The maximum Gasteiger partial charge on any atom is 0.339 e. The Labute approximate surface area is 193 Å². The molecule has 2 aromatic carbocycles. The monoisotopic (exact) mass is 467 g/mol. The van der Waals surface area contributed by atoms with Gasteiger partial charge in [0.05, 0.1) is 22.6 Å². The van der Waals surface area contributed by atoms with Crippen LogP contribution in [0.1, 0.15) is 21.7 Å². The summed E-state index contributed by atoms with van der Waals surface area (Å²) in [7, 11) is 1.28. The Morgan fingerprint density at radius 2 is 1.91 bits per heavy atom. The minimum Gasteiger partial charge on any atom is -0.465 e. The second kappa shape index (κ2) is 9.46. The second-order valence-electron chi connectivity index (χ2n) is 6.96. The zero-order chi connectivity index (χ0) is 22.7. The van der Waals surface area contributed by atoms with Gasteiger partial charge in [0.1, 0.15) is 11.5 Å². The number of thioether (sulfide) groups is 1. The van der Waals surface area contributed by atoms with E-state index in [0.29, 0.717) is 35.0 Å². The number of hydrogen-bond acceptors (Lipinski definition) is 6. The molecule has 162 valence electrons. The smallest absolute Gasteiger partial charge is 0.339 e. The summed E-state index contributed by atoms with van der Waals surface area (Å²) in [4.78, 5) is 38.5. The number of furan rings is 1. The summed E-state index contributed by atoms with van der Waals surface area (Å²) < 4.78 is 10.6. The molecule has 0 aliphatic carbocycles. The van der Waals surface area contributed by atoms with E-state index < -0.39 is 5.97 Å². The summed E-state index contributed by atoms with van der Waals surface area (Å²) in [5.41, 5.74) is 1.91. The fourth-order valence-electron chi connectivity index (χ4n) is 3.24. The molecular formula is C24H18ClNO5S. The molecule has 0 spiro atoms. The van der Waals surface area contributed by atoms with Crippen LogP contribution in [0.2, 0.25) is 5.02 Å². The first kappa shape index (κ1) is 21.9. The van der Waals surface area contributed by atoms with Crippen LogP contribution in [0.5, 0.6) is 0 Å². The summed E-state index contributed by atoms with van der Waals surface area (Å²) >= 11 is 6.95. The van der Waals surface area contributed by atoms with Gasteiger partial charge in [0.2, 0.25) is 0 Å². The summed E-state index contributed by atoms with van der Waals surface area (Å²) in [5, 5.41) is -0.0269. The van der Waals surface area contributed by atoms with Crippen molar-refractivity contribution in [2.24, 2.45) is 0 Å². The first-order valence-corrected chi connectivity index (χ1v) is 10.9. The van der Waals surface area contributed by atoms with E-state index >= 15 is 0 Å². The van der Waals surface area contributed by atoms with E-state index in [9.17, 15) is 14.4 Å². The van der Waals surface area contributed by atoms with E-state index in [1.165, 1.54) is 12.0 Å². The van der Waals surface area contributed by atoms with E-state index in [4.69, 9.17) is 20.8 Å². The maximum atomic E-state index is 12.7. The van der Waals surface area contributed by atoms with Crippen LogP contribution in [0.25, 0.3) is 17.4 Å². The average Bonchev–Trinajstić information content (AvgIpc) is 3.37. The highest BCUT2D eigenvalue weighted by Crippen LogP contribution is 2.34. The predicted octanol–water partition coefficient (Wildman–Crippen LogP) is 5.67. The summed E-state index contributed by atoms with van der Waals surface area (Å²) in [6.07, 6.45) is 2.14. The van der Waals surface area contributed by atoms with Crippen LogP contribution in [-0.2, 0) is 16.0 Å². The molecule has 0 unspecified atom stereocenters. The normalized spacial score (nSPS) is 14.9. The maximum absolute atomic E-state index is 12.7. The van der Waals surface area contributed by atoms with E-state index in [2.05, 4.69) is 0 Å². The molecule has 0 atom stereocenters. The van der Waals surface area contributed by atoms with Crippen LogP contribution in [0.15, 0.2) is 70.0 Å². The zero-order valence-electron chi connectivity index (χ0n) is 17.0. The van der Waals surface area contributed by atoms with E-state index in [1.807, 2.05) is 30.3 Å². The molecule has 2 heterocycles. The number of amides is 2. The van der Waals surface area contributed by atoms with Crippen molar-refractivity contribution in [1.82, 2.24) is 4.90 Å². The molecule has 0 saturated carbocycles. The third-order valence-corrected chi connectivity index (χ3v) is 6.13. The molecule has 32 heavy (non-hydrogen) atoms. The van der Waals surface area contributed by atoms with E-state index in [-0.39, 0.29) is 21.7 Å². The highest BCUT2D eigenvalue weighted by atomic mass is 35.5. The van der Waals surface area contributed by atoms with Gasteiger partial charge in [-0.1, -0.05) is 41.9 Å². The number of hydrogen-bond donors (Lipinski definition) is 0. The molecule has 8 heteroatoms. The lowest BCUT2D eigenvalue weighted by atomic mass is 10.1. The van der Waals surface area contributed by atoms with Gasteiger partial charge in [-0.15, -0.1) is 0 Å². The molecular weight excluding hydrogens is 450 g/mol. The molecule has 6 nitrogen and oxygen atoms in total. The summed E-state index contributed by atoms with van der Waals surface area (Å²) in [5.74, 6) is 0.0191. The molecule has 0 N–H and O–H groups in total. The highest BCUT2D eigenvalue weighted by molar-refractivity contribution is 8.18. The topological polar surface area (TPSA) is 76.8 Å². The van der Waals surface area contributed by atoms with Gasteiger partial charge in [-0.3, -0.25) is 14.5 Å². The number of ether oxygens (including phenoxy) is 1. The van der Waals surface area contributed by atoms with Gasteiger partial charge in [-0.05, 0) is 54.1 Å². The van der Waals surface area contributed by atoms with Gasteiger partial charge in [0, 0.05) is 18.2 Å².